The lowest BCUT2D eigenvalue weighted by molar-refractivity contribution is -0.140. The summed E-state index contributed by atoms with van der Waals surface area (Å²) in [6.45, 7) is 9.38. The van der Waals surface area contributed by atoms with Crippen molar-refractivity contribution < 1.29 is 14.3 Å². The Morgan fingerprint density at radius 1 is 1.19 bits per heavy atom. The molecular formula is C29H36N4O3. The van der Waals surface area contributed by atoms with Crippen LogP contribution in [0.4, 0.5) is 0 Å². The molecule has 190 valence electrons. The van der Waals surface area contributed by atoms with Crippen LogP contribution < -0.4 is 10.1 Å². The number of benzene rings is 1. The molecule has 1 fully saturated rings. The fraction of sp³-hybridized carbons (Fsp3) is 0.379. The molecule has 1 aromatic carbocycles. The van der Waals surface area contributed by atoms with Crippen LogP contribution in [0.5, 0.6) is 5.88 Å². The van der Waals surface area contributed by atoms with Crippen LogP contribution in [0.3, 0.4) is 0 Å². The van der Waals surface area contributed by atoms with Gasteiger partial charge in [-0.3, -0.25) is 14.5 Å². The van der Waals surface area contributed by atoms with Crippen LogP contribution in [0.2, 0.25) is 0 Å². The van der Waals surface area contributed by atoms with Gasteiger partial charge in [0.25, 0.3) is 5.91 Å². The largest absolute Gasteiger partial charge is 0.466 e. The van der Waals surface area contributed by atoms with E-state index in [-0.39, 0.29) is 30.3 Å². The number of amides is 2. The number of allylic oxidation sites excluding steroid dienone is 4. The fourth-order valence-corrected chi connectivity index (χ4v) is 4.45. The van der Waals surface area contributed by atoms with E-state index in [1.807, 2.05) is 57.2 Å². The van der Waals surface area contributed by atoms with Crippen molar-refractivity contribution >= 4 is 11.8 Å². The molecule has 1 heterocycles. The summed E-state index contributed by atoms with van der Waals surface area (Å²) in [5, 5.41) is 10.9. The van der Waals surface area contributed by atoms with Gasteiger partial charge in [-0.05, 0) is 63.0 Å². The maximum Gasteiger partial charge on any atom is 0.265 e. The average Bonchev–Trinajstić information content (AvgIpc) is 2.87. The molecule has 1 aliphatic carbocycles. The minimum absolute atomic E-state index is 0.0980. The Bertz CT molecular complexity index is 1100. The summed E-state index contributed by atoms with van der Waals surface area (Å²) in [5.41, 5.74) is 3.00. The van der Waals surface area contributed by atoms with Gasteiger partial charge in [-0.15, -0.1) is 5.10 Å². The highest BCUT2D eigenvalue weighted by Gasteiger charge is 2.35. The monoisotopic (exact) mass is 488 g/mol. The Labute approximate surface area is 214 Å². The van der Waals surface area contributed by atoms with Crippen molar-refractivity contribution in [2.45, 2.75) is 65.0 Å². The molecule has 0 saturated heterocycles. The van der Waals surface area contributed by atoms with E-state index in [1.165, 1.54) is 17.5 Å². The van der Waals surface area contributed by atoms with E-state index in [4.69, 9.17) is 4.74 Å². The van der Waals surface area contributed by atoms with Gasteiger partial charge in [-0.2, -0.15) is 5.10 Å². The third kappa shape index (κ3) is 7.38. The Morgan fingerprint density at radius 3 is 2.58 bits per heavy atom. The summed E-state index contributed by atoms with van der Waals surface area (Å²) in [6, 6.07) is 10.2. The second kappa shape index (κ2) is 13.4. The van der Waals surface area contributed by atoms with E-state index < -0.39 is 6.04 Å². The lowest BCUT2D eigenvalue weighted by Gasteiger charge is -2.34. The van der Waals surface area contributed by atoms with E-state index in [0.29, 0.717) is 5.70 Å². The predicted octanol–water partition coefficient (Wildman–Crippen LogP) is 5.22. The molecule has 1 aromatic heterocycles. The number of hydrogen-bond acceptors (Lipinski definition) is 5. The van der Waals surface area contributed by atoms with Gasteiger partial charge in [0.2, 0.25) is 11.8 Å². The van der Waals surface area contributed by atoms with Gasteiger partial charge >= 0.3 is 0 Å². The van der Waals surface area contributed by atoms with Gasteiger partial charge in [-0.25, -0.2) is 0 Å². The van der Waals surface area contributed by atoms with E-state index in [0.717, 1.165) is 42.4 Å². The van der Waals surface area contributed by atoms with Crippen LogP contribution >= 0.6 is 0 Å². The lowest BCUT2D eigenvalue weighted by Crippen LogP contribution is -2.48. The van der Waals surface area contributed by atoms with Gasteiger partial charge in [0.1, 0.15) is 6.04 Å². The summed E-state index contributed by atoms with van der Waals surface area (Å²) in [6.07, 6.45) is 12.2. The SMILES string of the molecule is C=C(C)C=C(C=CC)N(C(=O)COc1cccnn1)C(C(=O)NC1CCCCC1)c1ccccc1C. The molecule has 1 atom stereocenters. The maximum atomic E-state index is 13.9. The van der Waals surface area contributed by atoms with Gasteiger partial charge in [0.05, 0.1) is 0 Å². The Morgan fingerprint density at radius 2 is 1.94 bits per heavy atom. The Kier molecular flexibility index (Phi) is 9.98. The molecule has 3 rings (SSSR count). The first-order valence-corrected chi connectivity index (χ1v) is 12.5. The zero-order valence-corrected chi connectivity index (χ0v) is 21.4. The van der Waals surface area contributed by atoms with Crippen molar-refractivity contribution in [2.75, 3.05) is 6.61 Å². The van der Waals surface area contributed by atoms with Crippen molar-refractivity contribution in [3.63, 3.8) is 0 Å². The van der Waals surface area contributed by atoms with Crippen molar-refractivity contribution in [3.8, 4) is 5.88 Å². The highest BCUT2D eigenvalue weighted by atomic mass is 16.5. The van der Waals surface area contributed by atoms with Gasteiger partial charge in [0, 0.05) is 24.0 Å². The molecule has 1 N–H and O–H groups in total. The summed E-state index contributed by atoms with van der Waals surface area (Å²) >= 11 is 0. The minimum Gasteiger partial charge on any atom is -0.466 e. The highest BCUT2D eigenvalue weighted by molar-refractivity contribution is 5.91. The first kappa shape index (κ1) is 26.9. The van der Waals surface area contributed by atoms with E-state index in [2.05, 4.69) is 22.1 Å². The third-order valence-electron chi connectivity index (χ3n) is 6.11. The van der Waals surface area contributed by atoms with Crippen LogP contribution in [0.15, 0.2) is 78.7 Å². The summed E-state index contributed by atoms with van der Waals surface area (Å²) in [5.74, 6) is -0.346. The zero-order valence-electron chi connectivity index (χ0n) is 21.4. The van der Waals surface area contributed by atoms with E-state index >= 15 is 0 Å². The third-order valence-corrected chi connectivity index (χ3v) is 6.11. The molecule has 0 radical (unpaired) electrons. The molecule has 2 aromatic rings. The first-order valence-electron chi connectivity index (χ1n) is 12.5. The van der Waals surface area contributed by atoms with Crippen LogP contribution in [-0.2, 0) is 9.59 Å². The number of rotatable bonds is 10. The lowest BCUT2D eigenvalue weighted by atomic mass is 9.93. The van der Waals surface area contributed by atoms with Gasteiger partial charge in [-0.1, -0.05) is 61.8 Å². The van der Waals surface area contributed by atoms with Crippen LogP contribution in [-0.4, -0.2) is 39.6 Å². The second-order valence-corrected chi connectivity index (χ2v) is 9.13. The second-order valence-electron chi connectivity index (χ2n) is 9.13. The quantitative estimate of drug-likeness (QED) is 0.464. The minimum atomic E-state index is -0.882. The summed E-state index contributed by atoms with van der Waals surface area (Å²) in [7, 11) is 0. The number of hydrogen-bond donors (Lipinski definition) is 1. The summed E-state index contributed by atoms with van der Waals surface area (Å²) < 4.78 is 5.66. The molecule has 7 heteroatoms. The number of nitrogens with one attached hydrogen (secondary N) is 1. The Hall–Kier alpha value is -3.74. The molecule has 1 saturated carbocycles. The van der Waals surface area contributed by atoms with Gasteiger partial charge in [0.15, 0.2) is 6.61 Å². The molecule has 0 aliphatic heterocycles. The predicted molar refractivity (Wildman–Crippen MR) is 141 cm³/mol. The first-order chi connectivity index (χ1) is 17.4. The molecule has 7 nitrogen and oxygen atoms in total. The number of aryl methyl sites for hydroxylation is 1. The average molecular weight is 489 g/mol. The maximum absolute atomic E-state index is 13.9. The zero-order chi connectivity index (χ0) is 25.9. The van der Waals surface area contributed by atoms with Crippen molar-refractivity contribution in [1.29, 1.82) is 0 Å². The standard InChI is InChI=1S/C29H36N4O3/c1-5-12-24(19-21(2)3)33(27(34)20-36-26-17-11-18-30-32-26)28(25-16-10-9-13-22(25)4)29(35)31-23-14-7-6-8-15-23/h5,9-13,16-19,23,28H,2,6-8,14-15,20H2,1,3-4H3,(H,31,35). The van der Waals surface area contributed by atoms with Crippen LogP contribution in [0.1, 0.15) is 63.1 Å². The number of carbonyl (C=O) groups excluding carboxylic acids is 2. The van der Waals surface area contributed by atoms with Crippen molar-refractivity contribution in [1.82, 2.24) is 20.4 Å². The molecular weight excluding hydrogens is 452 g/mol. The topological polar surface area (TPSA) is 84.4 Å². The molecule has 36 heavy (non-hydrogen) atoms. The Balaban J connectivity index is 2.05. The van der Waals surface area contributed by atoms with Crippen molar-refractivity contribution in [3.05, 3.63) is 89.8 Å². The molecule has 2 amide bonds. The highest BCUT2D eigenvalue weighted by Crippen LogP contribution is 2.30. The normalized spacial score (nSPS) is 15.4. The van der Waals surface area contributed by atoms with Crippen molar-refractivity contribution in [2.24, 2.45) is 0 Å². The van der Waals surface area contributed by atoms with E-state index in [9.17, 15) is 9.59 Å². The van der Waals surface area contributed by atoms with Crippen LogP contribution in [0.25, 0.3) is 0 Å². The number of aromatic nitrogens is 2. The fourth-order valence-electron chi connectivity index (χ4n) is 4.45. The molecule has 1 unspecified atom stereocenters. The van der Waals surface area contributed by atoms with Crippen LogP contribution in [0, 0.1) is 6.92 Å². The molecule has 1 aliphatic rings. The smallest absolute Gasteiger partial charge is 0.265 e. The number of nitrogens with zero attached hydrogens (tertiary/aromatic N) is 3. The molecule has 0 bridgehead atoms. The molecule has 0 spiro atoms. The van der Waals surface area contributed by atoms with Gasteiger partial charge < -0.3 is 10.1 Å². The number of ether oxygens (including phenoxy) is 1. The van der Waals surface area contributed by atoms with E-state index in [1.54, 1.807) is 18.2 Å². The number of carbonyl (C=O) groups is 2. The summed E-state index contributed by atoms with van der Waals surface area (Å²) in [4.78, 5) is 29.3.